The molecule has 0 bridgehead atoms. The number of rotatable bonds is 4. The van der Waals surface area contributed by atoms with Crippen LogP contribution in [0, 0.1) is 0 Å². The highest BCUT2D eigenvalue weighted by atomic mass is 35.5. The lowest BCUT2D eigenvalue weighted by molar-refractivity contribution is -0.143. The predicted octanol–water partition coefficient (Wildman–Crippen LogP) is 3.31. The van der Waals surface area contributed by atoms with Crippen molar-refractivity contribution in [3.8, 4) is 5.75 Å². The van der Waals surface area contributed by atoms with Gasteiger partial charge in [-0.1, -0.05) is 23.7 Å². The van der Waals surface area contributed by atoms with E-state index in [1.165, 1.54) is 6.92 Å². The molecule has 8 heteroatoms. The molecule has 0 aliphatic carbocycles. The van der Waals surface area contributed by atoms with Gasteiger partial charge in [-0.2, -0.15) is 5.10 Å². The van der Waals surface area contributed by atoms with Crippen molar-refractivity contribution < 1.29 is 14.3 Å². The highest BCUT2D eigenvalue weighted by Crippen LogP contribution is 2.36. The first-order chi connectivity index (χ1) is 13.4. The zero-order valence-electron chi connectivity index (χ0n) is 15.0. The van der Waals surface area contributed by atoms with E-state index in [9.17, 15) is 9.59 Å². The Morgan fingerprint density at radius 1 is 1.29 bits per heavy atom. The molecule has 0 fully saturated rings. The zero-order chi connectivity index (χ0) is 19.7. The Labute approximate surface area is 166 Å². The maximum Gasteiger partial charge on any atom is 0.278 e. The van der Waals surface area contributed by atoms with Gasteiger partial charge in [0, 0.05) is 23.1 Å². The van der Waals surface area contributed by atoms with Gasteiger partial charge in [0.25, 0.3) is 17.4 Å². The van der Waals surface area contributed by atoms with Crippen molar-refractivity contribution in [1.29, 1.82) is 0 Å². The molecule has 0 saturated heterocycles. The van der Waals surface area contributed by atoms with E-state index >= 15 is 0 Å². The quantitative estimate of drug-likeness (QED) is 0.662. The van der Waals surface area contributed by atoms with Crippen molar-refractivity contribution in [2.45, 2.75) is 19.1 Å². The van der Waals surface area contributed by atoms with Crippen LogP contribution in [0.2, 0.25) is 5.02 Å². The summed E-state index contributed by atoms with van der Waals surface area (Å²) in [5, 5.41) is 10.1. The van der Waals surface area contributed by atoms with Crippen molar-refractivity contribution in [3.63, 3.8) is 0 Å². The van der Waals surface area contributed by atoms with Crippen molar-refractivity contribution in [2.75, 3.05) is 10.6 Å². The van der Waals surface area contributed by atoms with E-state index in [-0.39, 0.29) is 0 Å². The van der Waals surface area contributed by atoms with Crippen LogP contribution >= 0.6 is 11.6 Å². The third-order valence-electron chi connectivity index (χ3n) is 4.46. The Bertz CT molecular complexity index is 1050. The number of benzene rings is 2. The van der Waals surface area contributed by atoms with Gasteiger partial charge in [0.2, 0.25) is 0 Å². The molecular formula is C20H17ClN4O3. The minimum absolute atomic E-state index is 0.383. The molecule has 1 unspecified atom stereocenters. The number of amides is 2. The second-order valence-electron chi connectivity index (χ2n) is 6.59. The molecule has 4 rings (SSSR count). The predicted molar refractivity (Wildman–Crippen MR) is 106 cm³/mol. The Morgan fingerprint density at radius 3 is 2.93 bits per heavy atom. The molecule has 142 valence electrons. The summed E-state index contributed by atoms with van der Waals surface area (Å²) in [5.74, 6) is -0.747. The van der Waals surface area contributed by atoms with Crippen LogP contribution in [0.25, 0.3) is 0 Å². The van der Waals surface area contributed by atoms with Gasteiger partial charge in [0.05, 0.1) is 12.2 Å². The van der Waals surface area contributed by atoms with E-state index in [4.69, 9.17) is 16.3 Å². The lowest BCUT2D eigenvalue weighted by atomic mass is 10.0. The monoisotopic (exact) mass is 396 g/mol. The second-order valence-corrected chi connectivity index (χ2v) is 7.02. The molecule has 1 atom stereocenters. The number of hydrogen-bond donors (Lipinski definition) is 2. The number of anilines is 2. The Balaban J connectivity index is 1.53. The minimum Gasteiger partial charge on any atom is -0.466 e. The smallest absolute Gasteiger partial charge is 0.278 e. The average Bonchev–Trinajstić information content (AvgIpc) is 3.16. The van der Waals surface area contributed by atoms with E-state index in [1.807, 2.05) is 30.5 Å². The molecule has 1 aromatic heterocycles. The van der Waals surface area contributed by atoms with E-state index in [1.54, 1.807) is 35.1 Å². The van der Waals surface area contributed by atoms with Gasteiger partial charge in [0.1, 0.15) is 5.75 Å². The summed E-state index contributed by atoms with van der Waals surface area (Å²) in [7, 11) is 0. The first kappa shape index (κ1) is 18.1. The van der Waals surface area contributed by atoms with Gasteiger partial charge in [0.15, 0.2) is 0 Å². The van der Waals surface area contributed by atoms with Crippen LogP contribution in [0.4, 0.5) is 11.4 Å². The largest absolute Gasteiger partial charge is 0.466 e. The summed E-state index contributed by atoms with van der Waals surface area (Å²) in [6.07, 6.45) is 3.56. The molecule has 2 heterocycles. The molecule has 28 heavy (non-hydrogen) atoms. The number of nitrogens with one attached hydrogen (secondary N) is 2. The number of halogens is 1. The Kier molecular flexibility index (Phi) is 4.52. The van der Waals surface area contributed by atoms with Gasteiger partial charge >= 0.3 is 0 Å². The summed E-state index contributed by atoms with van der Waals surface area (Å²) in [5.41, 5.74) is 0.248. The van der Waals surface area contributed by atoms with Gasteiger partial charge in [-0.25, -0.2) is 0 Å². The van der Waals surface area contributed by atoms with Crippen LogP contribution in [-0.2, 0) is 16.1 Å². The van der Waals surface area contributed by atoms with Gasteiger partial charge < -0.3 is 15.4 Å². The van der Waals surface area contributed by atoms with Crippen molar-refractivity contribution in [2.24, 2.45) is 0 Å². The van der Waals surface area contributed by atoms with E-state index in [0.29, 0.717) is 28.7 Å². The Morgan fingerprint density at radius 2 is 2.14 bits per heavy atom. The first-order valence-electron chi connectivity index (χ1n) is 8.62. The maximum atomic E-state index is 12.9. The number of carbonyl (C=O) groups excluding carboxylic acids is 2. The van der Waals surface area contributed by atoms with E-state index in [0.717, 1.165) is 5.56 Å². The summed E-state index contributed by atoms with van der Waals surface area (Å²) in [6.45, 7) is 2.00. The van der Waals surface area contributed by atoms with E-state index < -0.39 is 17.4 Å². The Hall–Kier alpha value is -3.32. The number of aromatic nitrogens is 2. The van der Waals surface area contributed by atoms with Gasteiger partial charge in [-0.3, -0.25) is 14.3 Å². The summed E-state index contributed by atoms with van der Waals surface area (Å²) in [4.78, 5) is 25.4. The van der Waals surface area contributed by atoms with E-state index in [2.05, 4.69) is 15.7 Å². The molecular weight excluding hydrogens is 380 g/mol. The number of carbonyl (C=O) groups is 2. The summed E-state index contributed by atoms with van der Waals surface area (Å²) in [6, 6.07) is 14.0. The first-order valence-corrected chi connectivity index (χ1v) is 9.00. The van der Waals surface area contributed by atoms with Gasteiger partial charge in [-0.05, 0) is 48.9 Å². The highest BCUT2D eigenvalue weighted by Gasteiger charge is 2.47. The van der Waals surface area contributed by atoms with Crippen molar-refractivity contribution in [1.82, 2.24) is 9.78 Å². The maximum absolute atomic E-state index is 12.9. The molecule has 0 saturated carbocycles. The third-order valence-corrected chi connectivity index (χ3v) is 4.69. The lowest BCUT2D eigenvalue weighted by Crippen LogP contribution is -2.56. The highest BCUT2D eigenvalue weighted by molar-refractivity contribution is 6.31. The SMILES string of the molecule is CC1(C(=O)Nc2cccc(Cn3cccn3)c2)Oc2ccc(Cl)cc2NC1=O. The summed E-state index contributed by atoms with van der Waals surface area (Å²) >= 11 is 5.94. The van der Waals surface area contributed by atoms with Crippen LogP contribution in [0.5, 0.6) is 5.75 Å². The molecule has 0 spiro atoms. The van der Waals surface area contributed by atoms with Crippen LogP contribution in [0.1, 0.15) is 12.5 Å². The fraction of sp³-hybridized carbons (Fsp3) is 0.150. The molecule has 1 aliphatic rings. The second kappa shape index (κ2) is 7.01. The van der Waals surface area contributed by atoms with Crippen LogP contribution in [0.15, 0.2) is 60.9 Å². The third kappa shape index (κ3) is 3.44. The molecule has 0 radical (unpaired) electrons. The van der Waals surface area contributed by atoms with Crippen LogP contribution < -0.4 is 15.4 Å². The lowest BCUT2D eigenvalue weighted by Gasteiger charge is -2.33. The average molecular weight is 397 g/mol. The molecule has 3 aromatic rings. The molecule has 2 N–H and O–H groups in total. The summed E-state index contributed by atoms with van der Waals surface area (Å²) < 4.78 is 7.52. The molecule has 2 aromatic carbocycles. The molecule has 7 nitrogen and oxygen atoms in total. The van der Waals surface area contributed by atoms with Crippen LogP contribution in [0.3, 0.4) is 0 Å². The fourth-order valence-electron chi connectivity index (χ4n) is 2.93. The standard InChI is InChI=1S/C20H17ClN4O3/c1-20(19(27)24-16-11-14(21)6-7-17(16)28-20)18(26)23-15-5-2-4-13(10-15)12-25-9-3-8-22-25/h2-11H,12H2,1H3,(H,23,26)(H,24,27). The number of fused-ring (bicyclic) bond motifs is 1. The van der Waals surface area contributed by atoms with Gasteiger partial charge in [-0.15, -0.1) is 0 Å². The number of hydrogen-bond acceptors (Lipinski definition) is 4. The van der Waals surface area contributed by atoms with Crippen molar-refractivity contribution in [3.05, 3.63) is 71.5 Å². The number of nitrogens with zero attached hydrogens (tertiary/aromatic N) is 2. The normalized spacial score (nSPS) is 18.0. The van der Waals surface area contributed by atoms with Crippen molar-refractivity contribution >= 4 is 34.8 Å². The molecule has 1 aliphatic heterocycles. The minimum atomic E-state index is -1.71. The van der Waals surface area contributed by atoms with Crippen LogP contribution in [-0.4, -0.2) is 27.2 Å². The zero-order valence-corrected chi connectivity index (χ0v) is 15.7. The fourth-order valence-corrected chi connectivity index (χ4v) is 3.10. The topological polar surface area (TPSA) is 85.2 Å². The number of ether oxygens (including phenoxy) is 1. The molecule has 2 amide bonds.